The van der Waals surface area contributed by atoms with Crippen LogP contribution in [0.4, 0.5) is 4.39 Å². The van der Waals surface area contributed by atoms with E-state index in [2.05, 4.69) is 5.10 Å². The van der Waals surface area contributed by atoms with Gasteiger partial charge in [-0.25, -0.2) is 9.07 Å². The number of aromatic nitrogens is 2. The molecule has 0 saturated carbocycles. The quantitative estimate of drug-likeness (QED) is 0.813. The summed E-state index contributed by atoms with van der Waals surface area (Å²) < 4.78 is 14.6. The standard InChI is InChI=1S/C11H11FN2O/c1-8-5-10(7-15)13-14(8)11-4-2-3-9(12)6-11/h2-6,15H,7H2,1H3. The third-order valence-electron chi connectivity index (χ3n) is 2.15. The predicted molar refractivity (Wildman–Crippen MR) is 54.2 cm³/mol. The van der Waals surface area contributed by atoms with Crippen molar-refractivity contribution in [2.45, 2.75) is 13.5 Å². The Morgan fingerprint density at radius 3 is 2.80 bits per heavy atom. The van der Waals surface area contributed by atoms with Crippen molar-refractivity contribution >= 4 is 0 Å². The number of hydrogen-bond acceptors (Lipinski definition) is 2. The molecule has 0 amide bonds. The number of rotatable bonds is 2. The van der Waals surface area contributed by atoms with Gasteiger partial charge in [0.05, 0.1) is 18.0 Å². The van der Waals surface area contributed by atoms with Crippen LogP contribution in [-0.2, 0) is 6.61 Å². The molecule has 0 aliphatic rings. The second-order valence-electron chi connectivity index (χ2n) is 3.33. The minimum Gasteiger partial charge on any atom is -0.390 e. The maximum atomic E-state index is 13.0. The molecule has 1 aromatic carbocycles. The van der Waals surface area contributed by atoms with E-state index in [9.17, 15) is 4.39 Å². The molecule has 0 saturated heterocycles. The van der Waals surface area contributed by atoms with Crippen molar-refractivity contribution < 1.29 is 9.50 Å². The van der Waals surface area contributed by atoms with Crippen LogP contribution < -0.4 is 0 Å². The van der Waals surface area contributed by atoms with Crippen molar-refractivity contribution in [1.29, 1.82) is 0 Å². The topological polar surface area (TPSA) is 38.1 Å². The van der Waals surface area contributed by atoms with E-state index < -0.39 is 0 Å². The summed E-state index contributed by atoms with van der Waals surface area (Å²) in [4.78, 5) is 0. The summed E-state index contributed by atoms with van der Waals surface area (Å²) in [7, 11) is 0. The van der Waals surface area contributed by atoms with Crippen molar-refractivity contribution in [1.82, 2.24) is 9.78 Å². The molecule has 0 fully saturated rings. The van der Waals surface area contributed by atoms with Gasteiger partial charge in [-0.2, -0.15) is 5.10 Å². The van der Waals surface area contributed by atoms with Crippen LogP contribution in [0, 0.1) is 12.7 Å². The fourth-order valence-corrected chi connectivity index (χ4v) is 1.48. The Morgan fingerprint density at radius 1 is 1.40 bits per heavy atom. The minimum absolute atomic E-state index is 0.108. The molecule has 1 N–H and O–H groups in total. The van der Waals surface area contributed by atoms with Gasteiger partial charge >= 0.3 is 0 Å². The monoisotopic (exact) mass is 206 g/mol. The van der Waals surface area contributed by atoms with Gasteiger partial charge in [0.2, 0.25) is 0 Å². The Bertz CT molecular complexity index is 479. The Morgan fingerprint density at radius 2 is 2.20 bits per heavy atom. The Labute approximate surface area is 86.8 Å². The van der Waals surface area contributed by atoms with E-state index in [4.69, 9.17) is 5.11 Å². The van der Waals surface area contributed by atoms with Gasteiger partial charge in [0, 0.05) is 5.69 Å². The van der Waals surface area contributed by atoms with Crippen LogP contribution in [-0.4, -0.2) is 14.9 Å². The molecular weight excluding hydrogens is 195 g/mol. The molecule has 0 spiro atoms. The molecular formula is C11H11FN2O. The van der Waals surface area contributed by atoms with Crippen molar-refractivity contribution in [2.75, 3.05) is 0 Å². The second-order valence-corrected chi connectivity index (χ2v) is 3.33. The zero-order valence-electron chi connectivity index (χ0n) is 8.31. The lowest BCUT2D eigenvalue weighted by Gasteiger charge is -2.03. The summed E-state index contributed by atoms with van der Waals surface area (Å²) in [6.45, 7) is 1.75. The number of benzene rings is 1. The van der Waals surface area contributed by atoms with Crippen LogP contribution in [0.1, 0.15) is 11.4 Å². The maximum Gasteiger partial charge on any atom is 0.125 e. The predicted octanol–water partition coefficient (Wildman–Crippen LogP) is 1.81. The Kier molecular flexibility index (Phi) is 2.51. The first-order valence-corrected chi connectivity index (χ1v) is 4.63. The summed E-state index contributed by atoms with van der Waals surface area (Å²) in [6.07, 6.45) is 0. The molecule has 0 unspecified atom stereocenters. The van der Waals surface area contributed by atoms with E-state index in [1.165, 1.54) is 12.1 Å². The zero-order chi connectivity index (χ0) is 10.8. The zero-order valence-corrected chi connectivity index (χ0v) is 8.31. The van der Waals surface area contributed by atoms with Gasteiger partial charge in [-0.15, -0.1) is 0 Å². The van der Waals surface area contributed by atoms with Crippen molar-refractivity contribution in [3.05, 3.63) is 47.5 Å². The van der Waals surface area contributed by atoms with Crippen LogP contribution in [0.3, 0.4) is 0 Å². The molecule has 15 heavy (non-hydrogen) atoms. The van der Waals surface area contributed by atoms with E-state index in [0.29, 0.717) is 11.4 Å². The molecule has 0 bridgehead atoms. The third kappa shape index (κ3) is 1.89. The average molecular weight is 206 g/mol. The second kappa shape index (κ2) is 3.82. The lowest BCUT2D eigenvalue weighted by Crippen LogP contribution is -1.99. The number of nitrogens with zero attached hydrogens (tertiary/aromatic N) is 2. The summed E-state index contributed by atoms with van der Waals surface area (Å²) in [5.74, 6) is -0.298. The van der Waals surface area contributed by atoms with Gasteiger partial charge in [0.15, 0.2) is 0 Å². The SMILES string of the molecule is Cc1cc(CO)nn1-c1cccc(F)c1. The first-order chi connectivity index (χ1) is 7.20. The Hall–Kier alpha value is -1.68. The third-order valence-corrected chi connectivity index (χ3v) is 2.15. The van der Waals surface area contributed by atoms with Crippen LogP contribution in [0.15, 0.2) is 30.3 Å². The highest BCUT2D eigenvalue weighted by atomic mass is 19.1. The van der Waals surface area contributed by atoms with Gasteiger partial charge in [0.1, 0.15) is 5.82 Å². The first kappa shape index (κ1) is 9.86. The highest BCUT2D eigenvalue weighted by Crippen LogP contribution is 2.13. The number of halogens is 1. The first-order valence-electron chi connectivity index (χ1n) is 4.63. The maximum absolute atomic E-state index is 13.0. The van der Waals surface area contributed by atoms with E-state index in [-0.39, 0.29) is 12.4 Å². The van der Waals surface area contributed by atoms with E-state index >= 15 is 0 Å². The smallest absolute Gasteiger partial charge is 0.125 e. The van der Waals surface area contributed by atoms with Crippen LogP contribution >= 0.6 is 0 Å². The van der Waals surface area contributed by atoms with E-state index in [1.807, 2.05) is 6.92 Å². The summed E-state index contributed by atoms with van der Waals surface area (Å²) in [6, 6.07) is 7.95. The fourth-order valence-electron chi connectivity index (χ4n) is 1.48. The highest BCUT2D eigenvalue weighted by molar-refractivity contribution is 5.33. The molecule has 4 heteroatoms. The van der Waals surface area contributed by atoms with Gasteiger partial charge < -0.3 is 5.11 Å². The molecule has 0 aliphatic heterocycles. The molecule has 2 aromatic rings. The van der Waals surface area contributed by atoms with Crippen LogP contribution in [0.2, 0.25) is 0 Å². The molecule has 1 aromatic heterocycles. The summed E-state index contributed by atoms with van der Waals surface area (Å²) in [5, 5.41) is 13.1. The molecule has 0 atom stereocenters. The molecule has 2 rings (SSSR count). The van der Waals surface area contributed by atoms with Gasteiger partial charge in [-0.3, -0.25) is 0 Å². The Balaban J connectivity index is 2.48. The van der Waals surface area contributed by atoms with E-state index in [0.717, 1.165) is 5.69 Å². The lowest BCUT2D eigenvalue weighted by atomic mass is 10.3. The summed E-state index contributed by atoms with van der Waals surface area (Å²) in [5.41, 5.74) is 2.11. The molecule has 0 aliphatic carbocycles. The minimum atomic E-state index is -0.298. The number of aryl methyl sites for hydroxylation is 1. The number of aliphatic hydroxyl groups excluding tert-OH is 1. The molecule has 0 radical (unpaired) electrons. The number of aliphatic hydroxyl groups is 1. The van der Waals surface area contributed by atoms with Crippen LogP contribution in [0.5, 0.6) is 0 Å². The van der Waals surface area contributed by atoms with Gasteiger partial charge in [-0.05, 0) is 31.2 Å². The molecule has 1 heterocycles. The fraction of sp³-hybridized carbons (Fsp3) is 0.182. The molecule has 78 valence electrons. The van der Waals surface area contributed by atoms with Crippen molar-refractivity contribution in [2.24, 2.45) is 0 Å². The normalized spacial score (nSPS) is 10.6. The van der Waals surface area contributed by atoms with Crippen molar-refractivity contribution in [3.63, 3.8) is 0 Å². The van der Waals surface area contributed by atoms with E-state index in [1.54, 1.807) is 22.9 Å². The average Bonchev–Trinajstić information content (AvgIpc) is 2.60. The summed E-state index contributed by atoms with van der Waals surface area (Å²) >= 11 is 0. The number of hydrogen-bond donors (Lipinski definition) is 1. The largest absolute Gasteiger partial charge is 0.390 e. The van der Waals surface area contributed by atoms with Crippen molar-refractivity contribution in [3.8, 4) is 5.69 Å². The highest BCUT2D eigenvalue weighted by Gasteiger charge is 2.05. The van der Waals surface area contributed by atoms with Gasteiger partial charge in [-0.1, -0.05) is 6.07 Å². The van der Waals surface area contributed by atoms with Gasteiger partial charge in [0.25, 0.3) is 0 Å². The molecule has 3 nitrogen and oxygen atoms in total. The lowest BCUT2D eigenvalue weighted by molar-refractivity contribution is 0.276. The van der Waals surface area contributed by atoms with Crippen LogP contribution in [0.25, 0.3) is 5.69 Å².